The Morgan fingerprint density at radius 1 is 1.07 bits per heavy atom. The minimum absolute atomic E-state index is 0.0204. The first-order valence-corrected chi connectivity index (χ1v) is 9.20. The minimum Gasteiger partial charge on any atom is -0.343 e. The number of rotatable bonds is 7. The summed E-state index contributed by atoms with van der Waals surface area (Å²) in [5.41, 5.74) is 3.08. The number of aromatic nitrogens is 2. The van der Waals surface area contributed by atoms with Crippen LogP contribution in [-0.2, 0) is 11.2 Å². The van der Waals surface area contributed by atoms with Crippen molar-refractivity contribution in [2.75, 3.05) is 13.1 Å². The molecule has 1 aromatic heterocycles. The van der Waals surface area contributed by atoms with Crippen LogP contribution in [0.2, 0.25) is 0 Å². The fourth-order valence-corrected chi connectivity index (χ4v) is 3.09. The van der Waals surface area contributed by atoms with Gasteiger partial charge in [0.05, 0.1) is 22.7 Å². The van der Waals surface area contributed by atoms with Crippen LogP contribution in [0.1, 0.15) is 19.4 Å². The highest BCUT2D eigenvalue weighted by Gasteiger charge is 2.18. The van der Waals surface area contributed by atoms with Gasteiger partial charge in [0.2, 0.25) is 5.91 Å². The molecule has 2 aromatic carbocycles. The molecule has 0 fully saturated rings. The highest BCUT2D eigenvalue weighted by molar-refractivity contribution is 5.81. The number of non-ortho nitro benzene ring substituents is 1. The quantitative estimate of drug-likeness (QED) is 0.462. The highest BCUT2D eigenvalue weighted by atomic mass is 16.6. The minimum atomic E-state index is -0.433. The van der Waals surface area contributed by atoms with E-state index in [0.717, 1.165) is 16.8 Å². The Morgan fingerprint density at radius 3 is 2.29 bits per heavy atom. The smallest absolute Gasteiger partial charge is 0.269 e. The van der Waals surface area contributed by atoms with Crippen LogP contribution in [0, 0.1) is 10.1 Å². The number of hydrogen-bond acceptors (Lipinski definition) is 4. The molecule has 1 amide bonds. The summed E-state index contributed by atoms with van der Waals surface area (Å²) in [5, 5.41) is 15.6. The molecule has 0 aliphatic rings. The number of benzene rings is 2. The monoisotopic (exact) mass is 378 g/mol. The van der Waals surface area contributed by atoms with Crippen molar-refractivity contribution >= 4 is 11.6 Å². The van der Waals surface area contributed by atoms with E-state index in [0.29, 0.717) is 18.8 Å². The van der Waals surface area contributed by atoms with Crippen LogP contribution >= 0.6 is 0 Å². The van der Waals surface area contributed by atoms with Crippen molar-refractivity contribution in [1.29, 1.82) is 0 Å². The Kier molecular flexibility index (Phi) is 5.84. The van der Waals surface area contributed by atoms with E-state index in [1.54, 1.807) is 21.7 Å². The number of nitrogens with zero attached hydrogens (tertiary/aromatic N) is 4. The molecule has 0 bridgehead atoms. The maximum absolute atomic E-state index is 12.6. The second kappa shape index (κ2) is 8.47. The number of para-hydroxylation sites is 1. The number of carbonyl (C=O) groups excluding carboxylic acids is 1. The summed E-state index contributed by atoms with van der Waals surface area (Å²) in [6.07, 6.45) is 2.08. The summed E-state index contributed by atoms with van der Waals surface area (Å²) in [6, 6.07) is 15.9. The summed E-state index contributed by atoms with van der Waals surface area (Å²) < 4.78 is 1.74. The van der Waals surface area contributed by atoms with Crippen molar-refractivity contribution in [2.24, 2.45) is 0 Å². The van der Waals surface area contributed by atoms with E-state index in [4.69, 9.17) is 0 Å². The molecule has 7 nitrogen and oxygen atoms in total. The van der Waals surface area contributed by atoms with Crippen LogP contribution in [0.5, 0.6) is 0 Å². The number of nitro benzene ring substituents is 1. The molecule has 0 saturated carbocycles. The van der Waals surface area contributed by atoms with Gasteiger partial charge < -0.3 is 4.90 Å². The van der Waals surface area contributed by atoms with Crippen LogP contribution in [0.3, 0.4) is 0 Å². The fourth-order valence-electron chi connectivity index (χ4n) is 3.09. The summed E-state index contributed by atoms with van der Waals surface area (Å²) in [6.45, 7) is 5.20. The van der Waals surface area contributed by atoms with E-state index < -0.39 is 4.92 Å². The van der Waals surface area contributed by atoms with Gasteiger partial charge in [-0.05, 0) is 38.1 Å². The van der Waals surface area contributed by atoms with E-state index in [1.807, 2.05) is 50.4 Å². The van der Waals surface area contributed by atoms with Crippen molar-refractivity contribution in [3.05, 3.63) is 76.5 Å². The predicted octanol–water partition coefficient (Wildman–Crippen LogP) is 3.86. The van der Waals surface area contributed by atoms with Gasteiger partial charge in [0.25, 0.3) is 5.69 Å². The third-order valence-corrected chi connectivity index (χ3v) is 4.62. The summed E-state index contributed by atoms with van der Waals surface area (Å²) >= 11 is 0. The maximum atomic E-state index is 12.6. The number of carbonyl (C=O) groups is 1. The zero-order valence-electron chi connectivity index (χ0n) is 15.9. The van der Waals surface area contributed by atoms with Crippen molar-refractivity contribution in [3.8, 4) is 16.9 Å². The zero-order valence-corrected chi connectivity index (χ0v) is 15.9. The molecule has 0 N–H and O–H groups in total. The lowest BCUT2D eigenvalue weighted by atomic mass is 10.1. The molecule has 7 heteroatoms. The van der Waals surface area contributed by atoms with Crippen molar-refractivity contribution in [1.82, 2.24) is 14.7 Å². The number of amides is 1. The predicted molar refractivity (Wildman–Crippen MR) is 107 cm³/mol. The lowest BCUT2D eigenvalue weighted by Crippen LogP contribution is -2.31. The first-order valence-electron chi connectivity index (χ1n) is 9.20. The van der Waals surface area contributed by atoms with Gasteiger partial charge in [-0.3, -0.25) is 14.9 Å². The van der Waals surface area contributed by atoms with E-state index >= 15 is 0 Å². The molecule has 0 radical (unpaired) electrons. The molecular formula is C21H22N4O3. The molecule has 1 heterocycles. The Labute approximate surface area is 163 Å². The van der Waals surface area contributed by atoms with E-state index in [1.165, 1.54) is 12.1 Å². The fraction of sp³-hybridized carbons (Fsp3) is 0.238. The number of nitro groups is 1. The van der Waals surface area contributed by atoms with Gasteiger partial charge >= 0.3 is 0 Å². The second-order valence-corrected chi connectivity index (χ2v) is 6.33. The van der Waals surface area contributed by atoms with E-state index in [2.05, 4.69) is 5.10 Å². The van der Waals surface area contributed by atoms with E-state index in [-0.39, 0.29) is 18.0 Å². The molecule has 0 saturated heterocycles. The molecule has 3 rings (SSSR count). The molecule has 144 valence electrons. The SMILES string of the molecule is CCN(CC)C(=O)Cc1cn(-c2ccccc2)nc1-c1ccc([N+](=O)[O-])cc1. The summed E-state index contributed by atoms with van der Waals surface area (Å²) in [7, 11) is 0. The van der Waals surface area contributed by atoms with Gasteiger partial charge in [-0.1, -0.05) is 18.2 Å². The van der Waals surface area contributed by atoms with Crippen molar-refractivity contribution in [3.63, 3.8) is 0 Å². The van der Waals surface area contributed by atoms with Crippen LogP contribution in [-0.4, -0.2) is 38.6 Å². The van der Waals surface area contributed by atoms with Gasteiger partial charge in [-0.25, -0.2) is 4.68 Å². The van der Waals surface area contributed by atoms with Crippen molar-refractivity contribution in [2.45, 2.75) is 20.3 Å². The first kappa shape index (κ1) is 19.3. The lowest BCUT2D eigenvalue weighted by molar-refractivity contribution is -0.384. The second-order valence-electron chi connectivity index (χ2n) is 6.33. The largest absolute Gasteiger partial charge is 0.343 e. The van der Waals surface area contributed by atoms with E-state index in [9.17, 15) is 14.9 Å². The Bertz CT molecular complexity index is 961. The topological polar surface area (TPSA) is 81.3 Å². The highest BCUT2D eigenvalue weighted by Crippen LogP contribution is 2.26. The molecule has 0 aliphatic carbocycles. The molecule has 0 spiro atoms. The van der Waals surface area contributed by atoms with Gasteiger partial charge in [0, 0.05) is 42.5 Å². The van der Waals surface area contributed by atoms with Crippen LogP contribution < -0.4 is 0 Å². The average Bonchev–Trinajstić information content (AvgIpc) is 3.13. The van der Waals surface area contributed by atoms with Crippen LogP contribution in [0.25, 0.3) is 16.9 Å². The lowest BCUT2D eigenvalue weighted by Gasteiger charge is -2.18. The molecule has 28 heavy (non-hydrogen) atoms. The number of likely N-dealkylation sites (N-methyl/N-ethyl adjacent to an activating group) is 1. The Balaban J connectivity index is 2.02. The Hall–Kier alpha value is -3.48. The third-order valence-electron chi connectivity index (χ3n) is 4.62. The van der Waals surface area contributed by atoms with Gasteiger partial charge in [0.15, 0.2) is 0 Å². The van der Waals surface area contributed by atoms with Gasteiger partial charge in [-0.2, -0.15) is 5.10 Å². The van der Waals surface area contributed by atoms with Crippen LogP contribution in [0.15, 0.2) is 60.8 Å². The molecule has 0 atom stereocenters. The van der Waals surface area contributed by atoms with Crippen molar-refractivity contribution < 1.29 is 9.72 Å². The average molecular weight is 378 g/mol. The third kappa shape index (κ3) is 4.09. The molecular weight excluding hydrogens is 356 g/mol. The molecule has 0 aliphatic heterocycles. The summed E-state index contributed by atoms with van der Waals surface area (Å²) in [4.78, 5) is 24.9. The Morgan fingerprint density at radius 2 is 1.71 bits per heavy atom. The summed E-state index contributed by atoms with van der Waals surface area (Å²) in [5.74, 6) is 0.0285. The first-order chi connectivity index (χ1) is 13.5. The zero-order chi connectivity index (χ0) is 20.1. The van der Waals surface area contributed by atoms with Gasteiger partial charge in [-0.15, -0.1) is 0 Å². The molecule has 0 unspecified atom stereocenters. The van der Waals surface area contributed by atoms with Crippen LogP contribution in [0.4, 0.5) is 5.69 Å². The van der Waals surface area contributed by atoms with Gasteiger partial charge in [0.1, 0.15) is 0 Å². The maximum Gasteiger partial charge on any atom is 0.269 e. The molecule has 3 aromatic rings. The number of hydrogen-bond donors (Lipinski definition) is 0. The standard InChI is InChI=1S/C21H22N4O3/c1-3-23(4-2)20(26)14-17-15-24(18-8-6-5-7-9-18)22-21(17)16-10-12-19(13-11-16)25(27)28/h5-13,15H,3-4,14H2,1-2H3. The normalized spacial score (nSPS) is 10.6.